The number of hydrogen-bond donors (Lipinski definition) is 0. The molecule has 1 saturated heterocycles. The van der Waals surface area contributed by atoms with Crippen molar-refractivity contribution in [3.63, 3.8) is 0 Å². The van der Waals surface area contributed by atoms with Gasteiger partial charge in [0.1, 0.15) is 0 Å². The molecule has 184 valence electrons. The molecule has 6 rings (SSSR count). The van der Waals surface area contributed by atoms with Crippen molar-refractivity contribution in [1.29, 1.82) is 0 Å². The lowest BCUT2D eigenvalue weighted by molar-refractivity contribution is 0.104. The van der Waals surface area contributed by atoms with Crippen molar-refractivity contribution in [1.82, 2.24) is 29.4 Å². The van der Waals surface area contributed by atoms with E-state index in [9.17, 15) is 4.79 Å². The number of pyridine rings is 1. The van der Waals surface area contributed by atoms with Crippen molar-refractivity contribution in [3.8, 4) is 11.1 Å². The van der Waals surface area contributed by atoms with E-state index < -0.39 is 0 Å². The van der Waals surface area contributed by atoms with Crippen LogP contribution >= 0.6 is 0 Å². The summed E-state index contributed by atoms with van der Waals surface area (Å²) in [7, 11) is 1.92. The Bertz CT molecular complexity index is 1560. The molecule has 0 N–H and O–H groups in total. The van der Waals surface area contributed by atoms with Gasteiger partial charge in [0, 0.05) is 80.3 Å². The van der Waals surface area contributed by atoms with Gasteiger partial charge < -0.3 is 9.80 Å². The highest BCUT2D eigenvalue weighted by atomic mass is 16.1. The summed E-state index contributed by atoms with van der Waals surface area (Å²) in [6, 6.07) is 13.4. The molecule has 1 aliphatic heterocycles. The predicted molar refractivity (Wildman–Crippen MR) is 144 cm³/mol. The van der Waals surface area contributed by atoms with Gasteiger partial charge in [-0.2, -0.15) is 10.2 Å². The maximum atomic E-state index is 12.3. The zero-order valence-electron chi connectivity index (χ0n) is 20.5. The van der Waals surface area contributed by atoms with E-state index in [0.29, 0.717) is 11.5 Å². The van der Waals surface area contributed by atoms with Gasteiger partial charge in [0.25, 0.3) is 0 Å². The Morgan fingerprint density at radius 3 is 2.30 bits per heavy atom. The third-order valence-corrected chi connectivity index (χ3v) is 6.58. The van der Waals surface area contributed by atoms with Gasteiger partial charge in [-0.1, -0.05) is 36.4 Å². The molecular weight excluding hydrogens is 464 g/mol. The summed E-state index contributed by atoms with van der Waals surface area (Å²) in [6.07, 6.45) is 14.7. The summed E-state index contributed by atoms with van der Waals surface area (Å²) in [4.78, 5) is 25.9. The summed E-state index contributed by atoms with van der Waals surface area (Å²) in [6.45, 7) is 3.32. The Morgan fingerprint density at radius 1 is 0.811 bits per heavy atom. The van der Waals surface area contributed by atoms with Crippen LogP contribution < -0.4 is 9.80 Å². The zero-order valence-corrected chi connectivity index (χ0v) is 20.5. The number of ketones is 1. The molecule has 0 spiro atoms. The Kier molecular flexibility index (Phi) is 5.94. The van der Waals surface area contributed by atoms with Gasteiger partial charge in [-0.05, 0) is 18.2 Å². The van der Waals surface area contributed by atoms with E-state index in [1.165, 1.54) is 0 Å². The molecule has 5 aromatic rings. The number of benzene rings is 1. The van der Waals surface area contributed by atoms with Crippen molar-refractivity contribution in [2.75, 3.05) is 36.0 Å². The fourth-order valence-corrected chi connectivity index (χ4v) is 4.55. The number of carbonyl (C=O) groups is 1. The van der Waals surface area contributed by atoms with Crippen LogP contribution in [0.2, 0.25) is 0 Å². The van der Waals surface area contributed by atoms with Gasteiger partial charge in [-0.25, -0.2) is 14.5 Å². The lowest BCUT2D eigenvalue weighted by Crippen LogP contribution is -2.47. The molecule has 37 heavy (non-hydrogen) atoms. The first-order chi connectivity index (χ1) is 18.1. The first-order valence-electron chi connectivity index (χ1n) is 12.2. The van der Waals surface area contributed by atoms with Crippen LogP contribution in [0.4, 0.5) is 11.6 Å². The summed E-state index contributed by atoms with van der Waals surface area (Å²) in [5, 5.41) is 8.87. The molecule has 1 fully saturated rings. The van der Waals surface area contributed by atoms with E-state index in [1.54, 1.807) is 41.4 Å². The van der Waals surface area contributed by atoms with Crippen LogP contribution in [0.15, 0.2) is 85.7 Å². The number of rotatable bonds is 6. The smallest absolute Gasteiger partial charge is 0.225 e. The molecule has 1 aromatic carbocycles. The van der Waals surface area contributed by atoms with Gasteiger partial charge in [0.05, 0.1) is 23.6 Å². The molecule has 0 bridgehead atoms. The van der Waals surface area contributed by atoms with E-state index in [2.05, 4.69) is 42.1 Å². The quantitative estimate of drug-likeness (QED) is 0.265. The van der Waals surface area contributed by atoms with Crippen molar-refractivity contribution < 1.29 is 4.79 Å². The second-order valence-corrected chi connectivity index (χ2v) is 9.03. The fraction of sp³-hybridized carbons (Fsp3) is 0.179. The van der Waals surface area contributed by atoms with Crippen LogP contribution in [0.5, 0.6) is 0 Å². The van der Waals surface area contributed by atoms with Crippen molar-refractivity contribution in [3.05, 3.63) is 96.8 Å². The largest absolute Gasteiger partial charge is 0.365 e. The molecule has 9 nitrogen and oxygen atoms in total. The van der Waals surface area contributed by atoms with E-state index in [-0.39, 0.29) is 5.78 Å². The highest BCUT2D eigenvalue weighted by Crippen LogP contribution is 2.26. The van der Waals surface area contributed by atoms with Crippen LogP contribution in [0.1, 0.15) is 15.9 Å². The van der Waals surface area contributed by atoms with Gasteiger partial charge in [-0.15, -0.1) is 0 Å². The number of hydrogen-bond acceptors (Lipinski definition) is 7. The SMILES string of the molecule is Cn1cc(-c2ccc3c(N4CCN(c5ncc(/C=C/C(=O)c6ccccc6)cn5)CC4)cnn3c2)cn1. The molecule has 4 aromatic heterocycles. The molecule has 0 saturated carbocycles. The predicted octanol–water partition coefficient (Wildman–Crippen LogP) is 3.75. The minimum Gasteiger partial charge on any atom is -0.365 e. The van der Waals surface area contributed by atoms with Crippen LogP contribution in [-0.2, 0) is 7.05 Å². The lowest BCUT2D eigenvalue weighted by atomic mass is 10.1. The second-order valence-electron chi connectivity index (χ2n) is 9.03. The normalized spacial score (nSPS) is 14.1. The maximum Gasteiger partial charge on any atom is 0.225 e. The third kappa shape index (κ3) is 4.71. The van der Waals surface area contributed by atoms with Crippen LogP contribution in [0, 0.1) is 0 Å². The highest BCUT2D eigenvalue weighted by Gasteiger charge is 2.21. The zero-order chi connectivity index (χ0) is 25.2. The fourth-order valence-electron chi connectivity index (χ4n) is 4.55. The van der Waals surface area contributed by atoms with E-state index in [1.807, 2.05) is 54.5 Å². The molecule has 0 amide bonds. The first kappa shape index (κ1) is 22.7. The summed E-state index contributed by atoms with van der Waals surface area (Å²) in [5.74, 6) is 0.661. The Hall–Kier alpha value is -4.79. The number of aromatic nitrogens is 6. The molecular formula is C28H26N8O. The molecule has 9 heteroatoms. The van der Waals surface area contributed by atoms with Crippen molar-refractivity contribution in [2.24, 2.45) is 7.05 Å². The Labute approximate surface area is 214 Å². The number of allylic oxidation sites excluding steroid dienone is 1. The Morgan fingerprint density at radius 2 is 1.57 bits per heavy atom. The minimum absolute atomic E-state index is 0.0400. The average molecular weight is 491 g/mol. The number of carbonyl (C=O) groups excluding carboxylic acids is 1. The number of anilines is 2. The molecule has 0 aliphatic carbocycles. The summed E-state index contributed by atoms with van der Waals surface area (Å²) in [5.41, 5.74) is 5.82. The number of piperazine rings is 1. The van der Waals surface area contributed by atoms with Crippen LogP contribution in [0.3, 0.4) is 0 Å². The Balaban J connectivity index is 1.09. The highest BCUT2D eigenvalue weighted by molar-refractivity contribution is 6.06. The molecule has 0 unspecified atom stereocenters. The van der Waals surface area contributed by atoms with E-state index in [0.717, 1.165) is 54.1 Å². The van der Waals surface area contributed by atoms with Crippen molar-refractivity contribution in [2.45, 2.75) is 0 Å². The third-order valence-electron chi connectivity index (χ3n) is 6.58. The lowest BCUT2D eigenvalue weighted by Gasteiger charge is -2.35. The maximum absolute atomic E-state index is 12.3. The van der Waals surface area contributed by atoms with Gasteiger partial charge >= 0.3 is 0 Å². The first-order valence-corrected chi connectivity index (χ1v) is 12.2. The average Bonchev–Trinajstić information content (AvgIpc) is 3.58. The van der Waals surface area contributed by atoms with Gasteiger partial charge in [0.2, 0.25) is 5.95 Å². The number of aryl methyl sites for hydroxylation is 1. The second kappa shape index (κ2) is 9.69. The number of nitrogens with zero attached hydrogens (tertiary/aromatic N) is 8. The van der Waals surface area contributed by atoms with Gasteiger partial charge in [-0.3, -0.25) is 9.48 Å². The summed E-state index contributed by atoms with van der Waals surface area (Å²) >= 11 is 0. The summed E-state index contributed by atoms with van der Waals surface area (Å²) < 4.78 is 3.73. The van der Waals surface area contributed by atoms with E-state index in [4.69, 9.17) is 0 Å². The number of fused-ring (bicyclic) bond motifs is 1. The van der Waals surface area contributed by atoms with Gasteiger partial charge in [0.15, 0.2) is 5.78 Å². The monoisotopic (exact) mass is 490 g/mol. The van der Waals surface area contributed by atoms with Crippen molar-refractivity contribution >= 4 is 29.0 Å². The molecule has 1 aliphatic rings. The van der Waals surface area contributed by atoms with Crippen LogP contribution in [0.25, 0.3) is 22.7 Å². The molecule has 0 radical (unpaired) electrons. The van der Waals surface area contributed by atoms with Crippen LogP contribution in [-0.4, -0.2) is 61.3 Å². The minimum atomic E-state index is -0.0400. The standard InChI is InChI=1S/C28H26N8O/c1-33-19-24(17-31-33)23-8-9-25-26(18-32-36(25)20-23)34-11-13-35(14-12-34)28-29-15-21(16-30-28)7-10-27(37)22-5-3-2-4-6-22/h2-10,15-20H,11-14H2,1H3/b10-7+. The van der Waals surface area contributed by atoms with E-state index >= 15 is 0 Å². The molecule has 0 atom stereocenters. The topological polar surface area (TPSA) is 84.5 Å². The molecule has 5 heterocycles.